The van der Waals surface area contributed by atoms with E-state index in [1.54, 1.807) is 13.8 Å². The molecule has 1 aromatic carbocycles. The first kappa shape index (κ1) is 20.2. The second kappa shape index (κ2) is 6.58. The first-order valence-electron chi connectivity index (χ1n) is 7.26. The fourth-order valence-electron chi connectivity index (χ4n) is 2.45. The van der Waals surface area contributed by atoms with Crippen molar-refractivity contribution in [3.05, 3.63) is 29.6 Å². The number of hydrogen-bond acceptors (Lipinski definition) is 3. The van der Waals surface area contributed by atoms with Gasteiger partial charge in [0.05, 0.1) is 6.10 Å². The van der Waals surface area contributed by atoms with Gasteiger partial charge in [0.1, 0.15) is 11.6 Å². The molecule has 0 aromatic heterocycles. The number of carbonyl (C=O) groups is 1. The zero-order valence-electron chi connectivity index (χ0n) is 13.9. The summed E-state index contributed by atoms with van der Waals surface area (Å²) in [4.78, 5) is 11.3. The molecular formula is C16H21F4NO3. The van der Waals surface area contributed by atoms with Crippen molar-refractivity contribution in [3.63, 3.8) is 0 Å². The number of halogens is 4. The third-order valence-electron chi connectivity index (χ3n) is 3.61. The van der Waals surface area contributed by atoms with Gasteiger partial charge in [-0.25, -0.2) is 4.39 Å². The Kier molecular flexibility index (Phi) is 5.54. The Hall–Kier alpha value is -1.83. The molecule has 8 heteroatoms. The lowest BCUT2D eigenvalue weighted by Gasteiger charge is -2.36. The van der Waals surface area contributed by atoms with Crippen molar-refractivity contribution >= 4 is 5.91 Å². The molecule has 0 aliphatic rings. The van der Waals surface area contributed by atoms with E-state index < -0.39 is 35.3 Å². The molecule has 1 aromatic rings. The molecular weight excluding hydrogens is 330 g/mol. The standard InChI is InChI=1S/C16H21F4NO3/c1-9(2)24-12-6-5-10(17)7-11(12)14(3,4)8-15(23,13(21)22)16(18,19)20/h5-7,9,23H,8H2,1-4H3,(H2,21,22). The Morgan fingerprint density at radius 2 is 1.83 bits per heavy atom. The van der Waals surface area contributed by atoms with E-state index in [4.69, 9.17) is 10.5 Å². The summed E-state index contributed by atoms with van der Waals surface area (Å²) in [6.45, 7) is 6.09. The molecule has 3 N–H and O–H groups in total. The maximum Gasteiger partial charge on any atom is 0.426 e. The number of carbonyl (C=O) groups excluding carboxylic acids is 1. The van der Waals surface area contributed by atoms with Gasteiger partial charge in [-0.05, 0) is 37.5 Å². The van der Waals surface area contributed by atoms with Crippen LogP contribution in [0.2, 0.25) is 0 Å². The van der Waals surface area contributed by atoms with Crippen LogP contribution in [0.4, 0.5) is 17.6 Å². The quantitative estimate of drug-likeness (QED) is 0.774. The number of alkyl halides is 3. The van der Waals surface area contributed by atoms with E-state index in [1.165, 1.54) is 19.9 Å². The largest absolute Gasteiger partial charge is 0.491 e. The zero-order chi connectivity index (χ0) is 18.9. The highest BCUT2D eigenvalue weighted by Crippen LogP contribution is 2.43. The molecule has 0 fully saturated rings. The Bertz CT molecular complexity index is 614. The number of benzene rings is 1. The molecule has 136 valence electrons. The molecule has 1 rings (SSSR count). The van der Waals surface area contributed by atoms with Gasteiger partial charge in [-0.15, -0.1) is 0 Å². The number of hydrogen-bond donors (Lipinski definition) is 2. The van der Waals surface area contributed by atoms with Gasteiger partial charge in [-0.3, -0.25) is 4.79 Å². The maximum atomic E-state index is 13.6. The molecule has 0 aliphatic carbocycles. The van der Waals surface area contributed by atoms with E-state index in [-0.39, 0.29) is 17.4 Å². The van der Waals surface area contributed by atoms with Gasteiger partial charge in [0.25, 0.3) is 5.91 Å². The summed E-state index contributed by atoms with van der Waals surface area (Å²) in [7, 11) is 0. The molecule has 0 bridgehead atoms. The minimum Gasteiger partial charge on any atom is -0.491 e. The monoisotopic (exact) mass is 351 g/mol. The molecule has 1 amide bonds. The smallest absolute Gasteiger partial charge is 0.426 e. The van der Waals surface area contributed by atoms with Crippen molar-refractivity contribution in [1.82, 2.24) is 0 Å². The average Bonchev–Trinajstić information content (AvgIpc) is 2.38. The average molecular weight is 351 g/mol. The van der Waals surface area contributed by atoms with E-state index in [0.717, 1.165) is 12.1 Å². The zero-order valence-corrected chi connectivity index (χ0v) is 13.9. The minimum atomic E-state index is -5.26. The van der Waals surface area contributed by atoms with Gasteiger partial charge < -0.3 is 15.6 Å². The predicted molar refractivity (Wildman–Crippen MR) is 80.0 cm³/mol. The lowest BCUT2D eigenvalue weighted by Crippen LogP contribution is -2.58. The Labute approximate surface area is 137 Å². The van der Waals surface area contributed by atoms with Crippen molar-refractivity contribution in [2.75, 3.05) is 0 Å². The van der Waals surface area contributed by atoms with Crippen LogP contribution in [0.25, 0.3) is 0 Å². The van der Waals surface area contributed by atoms with Gasteiger partial charge in [0.15, 0.2) is 0 Å². The molecule has 0 radical (unpaired) electrons. The number of nitrogens with two attached hydrogens (primary N) is 1. The predicted octanol–water partition coefficient (Wildman–Crippen LogP) is 3.06. The Morgan fingerprint density at radius 3 is 2.25 bits per heavy atom. The Balaban J connectivity index is 3.38. The van der Waals surface area contributed by atoms with Crippen LogP contribution in [0, 0.1) is 5.82 Å². The van der Waals surface area contributed by atoms with Crippen LogP contribution in [0.5, 0.6) is 5.75 Å². The normalized spacial score (nSPS) is 15.2. The van der Waals surface area contributed by atoms with E-state index in [1.807, 2.05) is 0 Å². The molecule has 1 atom stereocenters. The number of ether oxygens (including phenoxy) is 1. The molecule has 0 aliphatic heterocycles. The molecule has 0 saturated heterocycles. The van der Waals surface area contributed by atoms with Crippen molar-refractivity contribution < 1.29 is 32.2 Å². The topological polar surface area (TPSA) is 72.6 Å². The number of primary amides is 1. The Morgan fingerprint density at radius 1 is 1.29 bits per heavy atom. The summed E-state index contributed by atoms with van der Waals surface area (Å²) in [6, 6.07) is 3.43. The summed E-state index contributed by atoms with van der Waals surface area (Å²) in [5.74, 6) is -2.42. The van der Waals surface area contributed by atoms with Gasteiger partial charge >= 0.3 is 6.18 Å². The van der Waals surface area contributed by atoms with Gasteiger partial charge in [-0.1, -0.05) is 13.8 Å². The number of aliphatic hydroxyl groups is 1. The lowest BCUT2D eigenvalue weighted by molar-refractivity contribution is -0.255. The first-order valence-corrected chi connectivity index (χ1v) is 7.26. The third kappa shape index (κ3) is 4.17. The van der Waals surface area contributed by atoms with E-state index >= 15 is 0 Å². The second-order valence-corrected chi connectivity index (χ2v) is 6.59. The summed E-state index contributed by atoms with van der Waals surface area (Å²) >= 11 is 0. The van der Waals surface area contributed by atoms with Crippen LogP contribution in [0.1, 0.15) is 39.7 Å². The minimum absolute atomic E-state index is 0.0973. The molecule has 0 spiro atoms. The second-order valence-electron chi connectivity index (χ2n) is 6.59. The first-order chi connectivity index (χ1) is 10.7. The molecule has 24 heavy (non-hydrogen) atoms. The van der Waals surface area contributed by atoms with Gasteiger partial charge in [-0.2, -0.15) is 13.2 Å². The SMILES string of the molecule is CC(C)Oc1ccc(F)cc1C(C)(C)CC(O)(C(N)=O)C(F)(F)F. The molecule has 0 heterocycles. The molecule has 4 nitrogen and oxygen atoms in total. The highest BCUT2D eigenvalue weighted by molar-refractivity contribution is 5.84. The summed E-state index contributed by atoms with van der Waals surface area (Å²) in [5.41, 5.74) is -0.317. The van der Waals surface area contributed by atoms with E-state index in [2.05, 4.69) is 0 Å². The number of amides is 1. The van der Waals surface area contributed by atoms with Crippen molar-refractivity contribution in [1.29, 1.82) is 0 Å². The molecule has 1 unspecified atom stereocenters. The highest BCUT2D eigenvalue weighted by Gasteiger charge is 2.60. The maximum absolute atomic E-state index is 13.6. The van der Waals surface area contributed by atoms with Crippen molar-refractivity contribution in [2.45, 2.75) is 57.4 Å². The van der Waals surface area contributed by atoms with Crippen LogP contribution in [-0.4, -0.2) is 28.9 Å². The van der Waals surface area contributed by atoms with E-state index in [0.29, 0.717) is 0 Å². The van der Waals surface area contributed by atoms with Crippen LogP contribution in [0.3, 0.4) is 0 Å². The third-order valence-corrected chi connectivity index (χ3v) is 3.61. The van der Waals surface area contributed by atoms with Crippen LogP contribution in [0.15, 0.2) is 18.2 Å². The summed E-state index contributed by atoms with van der Waals surface area (Å²) in [5, 5.41) is 9.83. The van der Waals surface area contributed by atoms with Crippen molar-refractivity contribution in [3.8, 4) is 5.75 Å². The number of rotatable bonds is 6. The lowest BCUT2D eigenvalue weighted by atomic mass is 9.74. The van der Waals surface area contributed by atoms with Crippen LogP contribution >= 0.6 is 0 Å². The fourth-order valence-corrected chi connectivity index (χ4v) is 2.45. The highest BCUT2D eigenvalue weighted by atomic mass is 19.4. The van der Waals surface area contributed by atoms with E-state index in [9.17, 15) is 27.5 Å². The van der Waals surface area contributed by atoms with Crippen LogP contribution < -0.4 is 10.5 Å². The van der Waals surface area contributed by atoms with Crippen LogP contribution in [-0.2, 0) is 10.2 Å². The van der Waals surface area contributed by atoms with Gasteiger partial charge in [0.2, 0.25) is 5.60 Å². The van der Waals surface area contributed by atoms with Crippen molar-refractivity contribution in [2.24, 2.45) is 5.73 Å². The molecule has 0 saturated carbocycles. The fraction of sp³-hybridized carbons (Fsp3) is 0.562. The summed E-state index contributed by atoms with van der Waals surface area (Å²) < 4.78 is 58.5. The summed E-state index contributed by atoms with van der Waals surface area (Å²) in [6.07, 6.45) is -6.64. The van der Waals surface area contributed by atoms with Gasteiger partial charge in [0, 0.05) is 12.0 Å².